The molecule has 2 rings (SSSR count). The SMILES string of the molecule is CCN(CC)C(CNC(=O)Cc1ccc(O)cc1)c1ccccc1Cl. The van der Waals surface area contributed by atoms with Gasteiger partial charge in [-0.1, -0.05) is 55.8 Å². The van der Waals surface area contributed by atoms with Crippen LogP contribution in [0, 0.1) is 0 Å². The number of rotatable bonds is 8. The summed E-state index contributed by atoms with van der Waals surface area (Å²) in [4.78, 5) is 14.6. The molecular weight excluding hydrogens is 336 g/mol. The monoisotopic (exact) mass is 360 g/mol. The van der Waals surface area contributed by atoms with Crippen molar-refractivity contribution in [3.8, 4) is 5.75 Å². The molecule has 0 aromatic heterocycles. The number of aromatic hydroxyl groups is 1. The van der Waals surface area contributed by atoms with Crippen LogP contribution in [0.25, 0.3) is 0 Å². The lowest BCUT2D eigenvalue weighted by molar-refractivity contribution is -0.120. The number of likely N-dealkylation sites (N-methyl/N-ethyl adjacent to an activating group) is 1. The number of phenols is 1. The number of amides is 1. The molecule has 1 unspecified atom stereocenters. The van der Waals surface area contributed by atoms with Crippen LogP contribution < -0.4 is 5.32 Å². The van der Waals surface area contributed by atoms with E-state index in [-0.39, 0.29) is 24.1 Å². The molecule has 2 N–H and O–H groups in total. The Balaban J connectivity index is 2.05. The molecule has 0 aliphatic rings. The average Bonchev–Trinajstić information content (AvgIpc) is 2.61. The maximum absolute atomic E-state index is 12.3. The minimum Gasteiger partial charge on any atom is -0.508 e. The smallest absolute Gasteiger partial charge is 0.224 e. The van der Waals surface area contributed by atoms with Gasteiger partial charge in [-0.05, 0) is 42.4 Å². The van der Waals surface area contributed by atoms with Crippen LogP contribution in [-0.2, 0) is 11.2 Å². The Morgan fingerprint density at radius 1 is 1.12 bits per heavy atom. The maximum Gasteiger partial charge on any atom is 0.224 e. The molecule has 2 aromatic carbocycles. The third kappa shape index (κ3) is 5.48. The highest BCUT2D eigenvalue weighted by atomic mass is 35.5. The normalized spacial score (nSPS) is 12.2. The Morgan fingerprint density at radius 2 is 1.76 bits per heavy atom. The third-order valence-corrected chi connectivity index (χ3v) is 4.66. The van der Waals surface area contributed by atoms with Gasteiger partial charge in [0.1, 0.15) is 5.75 Å². The summed E-state index contributed by atoms with van der Waals surface area (Å²) in [5.74, 6) is 0.152. The standard InChI is InChI=1S/C20H25ClN2O2/c1-3-23(4-2)19(17-7-5-6-8-18(17)21)14-22-20(25)13-15-9-11-16(24)12-10-15/h5-12,19,24H,3-4,13-14H2,1-2H3,(H,22,25). The second kappa shape index (κ2) is 9.44. The lowest BCUT2D eigenvalue weighted by Crippen LogP contribution is -2.38. The van der Waals surface area contributed by atoms with Crippen LogP contribution in [0.4, 0.5) is 0 Å². The van der Waals surface area contributed by atoms with Crippen LogP contribution in [0.5, 0.6) is 5.75 Å². The summed E-state index contributed by atoms with van der Waals surface area (Å²) in [5.41, 5.74) is 1.89. The van der Waals surface area contributed by atoms with Crippen LogP contribution in [0.2, 0.25) is 5.02 Å². The molecule has 0 aliphatic carbocycles. The second-order valence-corrected chi connectivity index (χ2v) is 6.31. The molecule has 134 valence electrons. The van der Waals surface area contributed by atoms with Crippen molar-refractivity contribution in [2.45, 2.75) is 26.3 Å². The highest BCUT2D eigenvalue weighted by molar-refractivity contribution is 6.31. The predicted octanol–water partition coefficient (Wildman–Crippen LogP) is 3.79. The summed E-state index contributed by atoms with van der Waals surface area (Å²) < 4.78 is 0. The van der Waals surface area contributed by atoms with Gasteiger partial charge in [0.2, 0.25) is 5.91 Å². The van der Waals surface area contributed by atoms with Gasteiger partial charge in [0.25, 0.3) is 0 Å². The first kappa shape index (κ1) is 19.3. The van der Waals surface area contributed by atoms with E-state index in [1.54, 1.807) is 24.3 Å². The van der Waals surface area contributed by atoms with Crippen molar-refractivity contribution in [2.24, 2.45) is 0 Å². The minimum absolute atomic E-state index is 0.0347. The zero-order valence-electron chi connectivity index (χ0n) is 14.7. The van der Waals surface area contributed by atoms with Gasteiger partial charge in [0.05, 0.1) is 12.5 Å². The van der Waals surface area contributed by atoms with Gasteiger partial charge in [0.15, 0.2) is 0 Å². The van der Waals surface area contributed by atoms with Crippen LogP contribution >= 0.6 is 11.6 Å². The van der Waals surface area contributed by atoms with Crippen molar-refractivity contribution in [3.05, 3.63) is 64.7 Å². The molecule has 2 aromatic rings. The van der Waals surface area contributed by atoms with Gasteiger partial charge in [-0.15, -0.1) is 0 Å². The van der Waals surface area contributed by atoms with Gasteiger partial charge in [-0.2, -0.15) is 0 Å². The number of nitrogens with zero attached hydrogens (tertiary/aromatic N) is 1. The fourth-order valence-corrected chi connectivity index (χ4v) is 3.18. The molecule has 0 saturated heterocycles. The van der Waals surface area contributed by atoms with Crippen molar-refractivity contribution in [2.75, 3.05) is 19.6 Å². The molecule has 0 heterocycles. The molecule has 1 amide bonds. The van der Waals surface area contributed by atoms with E-state index in [1.807, 2.05) is 24.3 Å². The summed E-state index contributed by atoms with van der Waals surface area (Å²) in [6, 6.07) is 14.5. The van der Waals surface area contributed by atoms with Gasteiger partial charge in [0, 0.05) is 11.6 Å². The fourth-order valence-electron chi connectivity index (χ4n) is 2.92. The van der Waals surface area contributed by atoms with E-state index in [2.05, 4.69) is 24.1 Å². The first-order chi connectivity index (χ1) is 12.0. The van der Waals surface area contributed by atoms with E-state index in [0.29, 0.717) is 11.6 Å². The van der Waals surface area contributed by atoms with Crippen molar-refractivity contribution in [3.63, 3.8) is 0 Å². The van der Waals surface area contributed by atoms with E-state index >= 15 is 0 Å². The van der Waals surface area contributed by atoms with Crippen molar-refractivity contribution in [1.82, 2.24) is 10.2 Å². The van der Waals surface area contributed by atoms with E-state index in [1.165, 1.54) is 0 Å². The minimum atomic E-state index is -0.0464. The number of phenolic OH excluding ortho intramolecular Hbond substituents is 1. The fraction of sp³-hybridized carbons (Fsp3) is 0.350. The van der Waals surface area contributed by atoms with E-state index in [9.17, 15) is 9.90 Å². The van der Waals surface area contributed by atoms with Crippen LogP contribution in [0.1, 0.15) is 31.0 Å². The first-order valence-corrected chi connectivity index (χ1v) is 8.96. The molecular formula is C20H25ClN2O2. The number of hydrogen-bond acceptors (Lipinski definition) is 3. The molecule has 0 saturated carbocycles. The molecule has 0 aliphatic heterocycles. The zero-order chi connectivity index (χ0) is 18.2. The van der Waals surface area contributed by atoms with Gasteiger partial charge >= 0.3 is 0 Å². The second-order valence-electron chi connectivity index (χ2n) is 5.91. The van der Waals surface area contributed by atoms with Gasteiger partial charge in [-0.3, -0.25) is 9.69 Å². The Morgan fingerprint density at radius 3 is 2.36 bits per heavy atom. The first-order valence-electron chi connectivity index (χ1n) is 8.58. The molecule has 25 heavy (non-hydrogen) atoms. The van der Waals surface area contributed by atoms with Crippen LogP contribution in [0.15, 0.2) is 48.5 Å². The quantitative estimate of drug-likeness (QED) is 0.753. The summed E-state index contributed by atoms with van der Waals surface area (Å²) in [7, 11) is 0. The van der Waals surface area contributed by atoms with Gasteiger partial charge < -0.3 is 10.4 Å². The zero-order valence-corrected chi connectivity index (χ0v) is 15.5. The Bertz CT molecular complexity index is 684. The largest absolute Gasteiger partial charge is 0.508 e. The lowest BCUT2D eigenvalue weighted by atomic mass is 10.0. The molecule has 0 radical (unpaired) electrons. The van der Waals surface area contributed by atoms with E-state index in [0.717, 1.165) is 24.2 Å². The van der Waals surface area contributed by atoms with Crippen LogP contribution in [-0.4, -0.2) is 35.5 Å². The lowest BCUT2D eigenvalue weighted by Gasteiger charge is -2.31. The van der Waals surface area contributed by atoms with E-state index in [4.69, 9.17) is 11.6 Å². The molecule has 4 nitrogen and oxygen atoms in total. The molecule has 0 spiro atoms. The summed E-state index contributed by atoms with van der Waals surface area (Å²) in [6.07, 6.45) is 0.285. The topological polar surface area (TPSA) is 52.6 Å². The predicted molar refractivity (Wildman–Crippen MR) is 102 cm³/mol. The maximum atomic E-state index is 12.3. The molecule has 0 bridgehead atoms. The van der Waals surface area contributed by atoms with Crippen LogP contribution in [0.3, 0.4) is 0 Å². The Labute approximate surface area is 154 Å². The van der Waals surface area contributed by atoms with Crippen molar-refractivity contribution in [1.29, 1.82) is 0 Å². The Kier molecular flexibility index (Phi) is 7.29. The van der Waals surface area contributed by atoms with Crippen molar-refractivity contribution < 1.29 is 9.90 Å². The highest BCUT2D eigenvalue weighted by Gasteiger charge is 2.21. The molecule has 0 fully saturated rings. The summed E-state index contributed by atoms with van der Waals surface area (Å²) >= 11 is 6.37. The summed E-state index contributed by atoms with van der Waals surface area (Å²) in [6.45, 7) is 6.46. The number of carbonyl (C=O) groups excluding carboxylic acids is 1. The number of halogens is 1. The number of benzene rings is 2. The number of hydrogen-bond donors (Lipinski definition) is 2. The summed E-state index contributed by atoms with van der Waals surface area (Å²) in [5, 5.41) is 13.0. The Hall–Kier alpha value is -2.04. The number of carbonyl (C=O) groups is 1. The molecule has 5 heteroatoms. The highest BCUT2D eigenvalue weighted by Crippen LogP contribution is 2.27. The third-order valence-electron chi connectivity index (χ3n) is 4.31. The number of nitrogens with one attached hydrogen (secondary N) is 1. The molecule has 1 atom stereocenters. The van der Waals surface area contributed by atoms with Crippen molar-refractivity contribution >= 4 is 17.5 Å². The van der Waals surface area contributed by atoms with Gasteiger partial charge in [-0.25, -0.2) is 0 Å². The van der Waals surface area contributed by atoms with E-state index < -0.39 is 0 Å². The average molecular weight is 361 g/mol.